The van der Waals surface area contributed by atoms with Crippen LogP contribution in [0.3, 0.4) is 0 Å². The lowest BCUT2D eigenvalue weighted by atomic mass is 10.0. The highest BCUT2D eigenvalue weighted by molar-refractivity contribution is 7.10. The van der Waals surface area contributed by atoms with E-state index in [4.69, 9.17) is 4.74 Å². The number of hydrogen-bond donors (Lipinski definition) is 1. The van der Waals surface area contributed by atoms with Crippen molar-refractivity contribution in [3.8, 4) is 5.88 Å². The molecule has 0 radical (unpaired) electrons. The van der Waals surface area contributed by atoms with Gasteiger partial charge in [0.1, 0.15) is 0 Å². The Morgan fingerprint density at radius 3 is 3.31 bits per heavy atom. The van der Waals surface area contributed by atoms with Gasteiger partial charge in [-0.15, -0.1) is 11.3 Å². The number of thiophene rings is 1. The van der Waals surface area contributed by atoms with Gasteiger partial charge in [0, 0.05) is 17.5 Å². The Balaban J connectivity index is 1.97. The average Bonchev–Trinajstić information content (AvgIpc) is 2.97. The first kappa shape index (κ1) is 10.3. The minimum absolute atomic E-state index is 0.310. The number of fused-ring (bicyclic) bond motifs is 1. The van der Waals surface area contributed by atoms with Crippen LogP contribution in [0.25, 0.3) is 0 Å². The molecule has 1 atom stereocenters. The first-order valence-electron chi connectivity index (χ1n) is 5.18. The Bertz CT molecular complexity index is 492. The van der Waals surface area contributed by atoms with Gasteiger partial charge in [-0.05, 0) is 35.0 Å². The molecule has 1 N–H and O–H groups in total. The fourth-order valence-electron chi connectivity index (χ4n) is 1.99. The zero-order chi connectivity index (χ0) is 11.0. The van der Waals surface area contributed by atoms with E-state index in [9.17, 15) is 0 Å². The summed E-state index contributed by atoms with van der Waals surface area (Å²) >= 11 is 3.34. The van der Waals surface area contributed by atoms with Crippen LogP contribution in [-0.2, 0) is 6.42 Å². The molecule has 2 aromatic heterocycles. The molecule has 0 spiro atoms. The largest absolute Gasteiger partial charge is 0.480 e. The SMILES string of the molecule is COc1cc(C2NCCc3ccsc32)sn1. The predicted molar refractivity (Wildman–Crippen MR) is 66.5 cm³/mol. The van der Waals surface area contributed by atoms with Gasteiger partial charge in [-0.1, -0.05) is 0 Å². The quantitative estimate of drug-likeness (QED) is 0.891. The molecule has 16 heavy (non-hydrogen) atoms. The topological polar surface area (TPSA) is 34.1 Å². The molecule has 3 rings (SSSR count). The summed E-state index contributed by atoms with van der Waals surface area (Å²) in [4.78, 5) is 2.66. The van der Waals surface area contributed by atoms with Crippen LogP contribution in [0, 0.1) is 0 Å². The number of nitrogens with zero attached hydrogens (tertiary/aromatic N) is 1. The fraction of sp³-hybridized carbons (Fsp3) is 0.364. The second kappa shape index (κ2) is 4.16. The molecule has 1 aliphatic rings. The van der Waals surface area contributed by atoms with Crippen molar-refractivity contribution in [1.82, 2.24) is 9.69 Å². The van der Waals surface area contributed by atoms with Gasteiger partial charge in [0.05, 0.1) is 18.0 Å². The van der Waals surface area contributed by atoms with Crippen molar-refractivity contribution in [3.05, 3.63) is 32.8 Å². The van der Waals surface area contributed by atoms with Gasteiger partial charge < -0.3 is 10.1 Å². The number of methoxy groups -OCH3 is 1. The molecule has 1 unspecified atom stereocenters. The van der Waals surface area contributed by atoms with Gasteiger partial charge in [0.15, 0.2) is 0 Å². The Labute approximate surface area is 102 Å². The molecule has 0 saturated heterocycles. The van der Waals surface area contributed by atoms with Crippen molar-refractivity contribution in [3.63, 3.8) is 0 Å². The molecule has 2 aromatic rings. The maximum absolute atomic E-state index is 5.13. The summed E-state index contributed by atoms with van der Waals surface area (Å²) in [6, 6.07) is 4.56. The maximum Gasteiger partial charge on any atom is 0.225 e. The van der Waals surface area contributed by atoms with Crippen LogP contribution in [-0.4, -0.2) is 18.0 Å². The summed E-state index contributed by atoms with van der Waals surface area (Å²) in [7, 11) is 1.66. The Morgan fingerprint density at radius 2 is 2.50 bits per heavy atom. The summed E-state index contributed by atoms with van der Waals surface area (Å²) in [6.07, 6.45) is 1.13. The van der Waals surface area contributed by atoms with E-state index in [1.807, 2.05) is 17.4 Å². The molecular formula is C11H12N2OS2. The van der Waals surface area contributed by atoms with Crippen molar-refractivity contribution in [2.75, 3.05) is 13.7 Å². The van der Waals surface area contributed by atoms with E-state index < -0.39 is 0 Å². The minimum Gasteiger partial charge on any atom is -0.480 e. The molecule has 0 bridgehead atoms. The molecule has 5 heteroatoms. The van der Waals surface area contributed by atoms with E-state index in [0.717, 1.165) is 13.0 Å². The Kier molecular flexibility index (Phi) is 2.67. The highest BCUT2D eigenvalue weighted by atomic mass is 32.1. The van der Waals surface area contributed by atoms with Crippen molar-refractivity contribution >= 4 is 22.9 Å². The zero-order valence-electron chi connectivity index (χ0n) is 8.90. The first-order valence-corrected chi connectivity index (χ1v) is 6.84. The highest BCUT2D eigenvalue weighted by Gasteiger charge is 2.24. The van der Waals surface area contributed by atoms with Crippen LogP contribution >= 0.6 is 22.9 Å². The zero-order valence-corrected chi connectivity index (χ0v) is 10.5. The number of rotatable bonds is 2. The third kappa shape index (κ3) is 1.65. The van der Waals surface area contributed by atoms with Gasteiger partial charge >= 0.3 is 0 Å². The van der Waals surface area contributed by atoms with Gasteiger partial charge in [-0.25, -0.2) is 0 Å². The van der Waals surface area contributed by atoms with Crippen LogP contribution < -0.4 is 10.1 Å². The van der Waals surface area contributed by atoms with Gasteiger partial charge in [-0.3, -0.25) is 0 Å². The molecule has 3 heterocycles. The van der Waals surface area contributed by atoms with Crippen molar-refractivity contribution in [2.45, 2.75) is 12.5 Å². The Hall–Kier alpha value is -0.910. The first-order chi connectivity index (χ1) is 7.88. The van der Waals surface area contributed by atoms with E-state index in [0.29, 0.717) is 11.9 Å². The molecular weight excluding hydrogens is 240 g/mol. The highest BCUT2D eigenvalue weighted by Crippen LogP contribution is 2.35. The number of aromatic nitrogens is 1. The number of ether oxygens (including phenoxy) is 1. The van der Waals surface area contributed by atoms with Crippen LogP contribution in [0.4, 0.5) is 0 Å². The van der Waals surface area contributed by atoms with E-state index in [1.165, 1.54) is 26.9 Å². The second-order valence-corrected chi connectivity index (χ2v) is 5.50. The van der Waals surface area contributed by atoms with Gasteiger partial charge in [0.2, 0.25) is 5.88 Å². The van der Waals surface area contributed by atoms with Crippen molar-refractivity contribution < 1.29 is 4.74 Å². The smallest absolute Gasteiger partial charge is 0.225 e. The minimum atomic E-state index is 0.310. The lowest BCUT2D eigenvalue weighted by molar-refractivity contribution is 0.402. The molecule has 3 nitrogen and oxygen atoms in total. The summed E-state index contributed by atoms with van der Waals surface area (Å²) in [5.41, 5.74) is 1.47. The molecule has 0 fully saturated rings. The lowest BCUT2D eigenvalue weighted by Crippen LogP contribution is -2.28. The van der Waals surface area contributed by atoms with Gasteiger partial charge in [0.25, 0.3) is 0 Å². The monoisotopic (exact) mass is 252 g/mol. The standard InChI is InChI=1S/C11H12N2OS2/c1-14-9-6-8(16-13-9)10-11-7(2-4-12-10)3-5-15-11/h3,5-6,10,12H,2,4H2,1H3. The summed E-state index contributed by atoms with van der Waals surface area (Å²) < 4.78 is 9.38. The molecule has 0 aromatic carbocycles. The molecule has 84 valence electrons. The van der Waals surface area contributed by atoms with Gasteiger partial charge in [-0.2, -0.15) is 4.37 Å². The summed E-state index contributed by atoms with van der Waals surface area (Å²) in [5, 5.41) is 5.71. The van der Waals surface area contributed by atoms with Crippen molar-refractivity contribution in [1.29, 1.82) is 0 Å². The molecule has 0 aliphatic carbocycles. The van der Waals surface area contributed by atoms with E-state index in [-0.39, 0.29) is 0 Å². The van der Waals surface area contributed by atoms with E-state index >= 15 is 0 Å². The van der Waals surface area contributed by atoms with Crippen LogP contribution in [0.15, 0.2) is 17.5 Å². The normalized spacial score (nSPS) is 19.4. The predicted octanol–water partition coefficient (Wildman–Crippen LogP) is 2.45. The molecule has 0 saturated carbocycles. The van der Waals surface area contributed by atoms with Crippen LogP contribution in [0.5, 0.6) is 5.88 Å². The third-order valence-electron chi connectivity index (χ3n) is 2.79. The fourth-order valence-corrected chi connectivity index (χ4v) is 3.89. The third-order valence-corrected chi connectivity index (χ3v) is 4.65. The molecule has 0 amide bonds. The van der Waals surface area contributed by atoms with Crippen molar-refractivity contribution in [2.24, 2.45) is 0 Å². The average molecular weight is 252 g/mol. The van der Waals surface area contributed by atoms with E-state index in [1.54, 1.807) is 7.11 Å². The maximum atomic E-state index is 5.13. The van der Waals surface area contributed by atoms with Crippen LogP contribution in [0.1, 0.15) is 21.4 Å². The number of hydrogen-bond acceptors (Lipinski definition) is 5. The Morgan fingerprint density at radius 1 is 1.56 bits per heavy atom. The number of nitrogens with one attached hydrogen (secondary N) is 1. The summed E-state index contributed by atoms with van der Waals surface area (Å²) in [6.45, 7) is 1.04. The lowest BCUT2D eigenvalue weighted by Gasteiger charge is -2.22. The van der Waals surface area contributed by atoms with Crippen LogP contribution in [0.2, 0.25) is 0 Å². The molecule has 1 aliphatic heterocycles. The summed E-state index contributed by atoms with van der Waals surface area (Å²) in [5.74, 6) is 0.713. The second-order valence-electron chi connectivity index (χ2n) is 3.72. The van der Waals surface area contributed by atoms with E-state index in [2.05, 4.69) is 21.1 Å².